The predicted molar refractivity (Wildman–Crippen MR) is 146 cm³/mol. The zero-order chi connectivity index (χ0) is 26.6. The predicted octanol–water partition coefficient (Wildman–Crippen LogP) is 3.44. The second-order valence-electron chi connectivity index (χ2n) is 9.72. The SMILES string of the molecule is C[C@H]1[C@@H]2N(C(=O)NCc3ccccc3)OCC(=O)N2[C@@H](CCCCN)C(=O)N1Cc1csc2ccccc12. The van der Waals surface area contributed by atoms with Crippen molar-refractivity contribution < 1.29 is 19.2 Å². The Morgan fingerprint density at radius 3 is 2.66 bits per heavy atom. The number of urea groups is 1. The van der Waals surface area contributed by atoms with Crippen molar-refractivity contribution in [1.82, 2.24) is 20.2 Å². The number of nitrogens with zero attached hydrogens (tertiary/aromatic N) is 3. The summed E-state index contributed by atoms with van der Waals surface area (Å²) < 4.78 is 1.15. The number of unbranched alkanes of at least 4 members (excludes halogenated alkanes) is 1. The molecule has 38 heavy (non-hydrogen) atoms. The molecule has 5 rings (SSSR count). The molecule has 2 saturated heterocycles. The zero-order valence-electron chi connectivity index (χ0n) is 21.4. The van der Waals surface area contributed by atoms with Gasteiger partial charge >= 0.3 is 6.03 Å². The molecule has 3 N–H and O–H groups in total. The second-order valence-corrected chi connectivity index (χ2v) is 10.6. The van der Waals surface area contributed by atoms with Gasteiger partial charge in [-0.3, -0.25) is 14.4 Å². The first-order valence-electron chi connectivity index (χ1n) is 13.0. The highest BCUT2D eigenvalue weighted by molar-refractivity contribution is 7.17. The van der Waals surface area contributed by atoms with E-state index in [4.69, 9.17) is 10.6 Å². The van der Waals surface area contributed by atoms with Crippen LogP contribution in [0.1, 0.15) is 37.3 Å². The molecule has 0 saturated carbocycles. The summed E-state index contributed by atoms with van der Waals surface area (Å²) in [5.74, 6) is -0.401. The van der Waals surface area contributed by atoms with Gasteiger partial charge in [0.1, 0.15) is 6.04 Å². The molecule has 3 aromatic rings. The van der Waals surface area contributed by atoms with Gasteiger partial charge < -0.3 is 20.9 Å². The van der Waals surface area contributed by atoms with Gasteiger partial charge in [-0.05, 0) is 60.7 Å². The number of thiophene rings is 1. The minimum atomic E-state index is -0.752. The van der Waals surface area contributed by atoms with Crippen LogP contribution < -0.4 is 11.1 Å². The van der Waals surface area contributed by atoms with Gasteiger partial charge in [0, 0.05) is 17.8 Å². The Hall–Kier alpha value is -3.47. The topological polar surface area (TPSA) is 108 Å². The number of hydroxylamine groups is 2. The fourth-order valence-corrected chi connectivity index (χ4v) is 6.28. The fourth-order valence-electron chi connectivity index (χ4n) is 5.33. The number of nitrogens with two attached hydrogens (primary N) is 1. The highest BCUT2D eigenvalue weighted by Gasteiger charge is 2.53. The lowest BCUT2D eigenvalue weighted by Crippen LogP contribution is -2.75. The summed E-state index contributed by atoms with van der Waals surface area (Å²) in [4.78, 5) is 49.5. The third-order valence-electron chi connectivity index (χ3n) is 7.29. The van der Waals surface area contributed by atoms with E-state index in [1.807, 2.05) is 49.4 Å². The molecule has 0 unspecified atom stereocenters. The van der Waals surface area contributed by atoms with Crippen LogP contribution in [0.3, 0.4) is 0 Å². The van der Waals surface area contributed by atoms with Crippen LogP contribution in [0.25, 0.3) is 10.1 Å². The largest absolute Gasteiger partial charge is 0.343 e. The van der Waals surface area contributed by atoms with E-state index in [0.717, 1.165) is 27.6 Å². The van der Waals surface area contributed by atoms with Gasteiger partial charge in [0.2, 0.25) is 5.91 Å². The molecule has 2 aromatic carbocycles. The van der Waals surface area contributed by atoms with Gasteiger partial charge in [0.25, 0.3) is 5.91 Å². The smallest absolute Gasteiger partial charge is 0.332 e. The summed E-state index contributed by atoms with van der Waals surface area (Å²) in [6.07, 6.45) is 1.18. The van der Waals surface area contributed by atoms with Crippen molar-refractivity contribution in [3.8, 4) is 0 Å². The average molecular weight is 536 g/mol. The summed E-state index contributed by atoms with van der Waals surface area (Å²) in [6, 6.07) is 16.1. The van der Waals surface area contributed by atoms with E-state index < -0.39 is 24.3 Å². The highest BCUT2D eigenvalue weighted by atomic mass is 32.1. The van der Waals surface area contributed by atoms with Gasteiger partial charge in [0.15, 0.2) is 12.8 Å². The van der Waals surface area contributed by atoms with Crippen LogP contribution in [-0.2, 0) is 27.5 Å². The van der Waals surface area contributed by atoms with E-state index in [2.05, 4.69) is 22.8 Å². The molecular formula is C28H33N5O4S. The maximum Gasteiger partial charge on any atom is 0.343 e. The van der Waals surface area contributed by atoms with E-state index in [9.17, 15) is 14.4 Å². The summed E-state index contributed by atoms with van der Waals surface area (Å²) in [5.41, 5.74) is 7.71. The molecule has 0 spiro atoms. The maximum absolute atomic E-state index is 13.9. The first-order chi connectivity index (χ1) is 18.5. The Morgan fingerprint density at radius 1 is 1.11 bits per heavy atom. The second kappa shape index (κ2) is 11.5. The lowest BCUT2D eigenvalue weighted by Gasteiger charge is -2.54. The molecule has 9 nitrogen and oxygen atoms in total. The highest BCUT2D eigenvalue weighted by Crippen LogP contribution is 2.34. The molecule has 1 aromatic heterocycles. The fraction of sp³-hybridized carbons (Fsp3) is 0.393. The van der Waals surface area contributed by atoms with Crippen LogP contribution in [-0.4, -0.2) is 64.1 Å². The molecule has 4 amide bonds. The van der Waals surface area contributed by atoms with Gasteiger partial charge in [0.05, 0.1) is 6.04 Å². The standard InChI is InChI=1S/C28H33N5O4S/c1-19-26-32(25(34)17-37-33(26)28(36)30-15-20-9-3-2-4-10-20)23(12-7-8-14-29)27(35)31(19)16-21-18-38-24-13-6-5-11-22(21)24/h2-6,9-11,13,18-19,23,26H,7-8,12,14-17,29H2,1H3,(H,30,36)/t19-,23-,26-/m0/s1. The van der Waals surface area contributed by atoms with Crippen LogP contribution in [0.2, 0.25) is 0 Å². The van der Waals surface area contributed by atoms with Crippen LogP contribution >= 0.6 is 11.3 Å². The summed E-state index contributed by atoms with van der Waals surface area (Å²) in [7, 11) is 0. The van der Waals surface area contributed by atoms with E-state index in [-0.39, 0.29) is 18.4 Å². The zero-order valence-corrected chi connectivity index (χ0v) is 22.2. The average Bonchev–Trinajstić information content (AvgIpc) is 3.35. The number of piperazine rings is 1. The van der Waals surface area contributed by atoms with Crippen LogP contribution in [0.4, 0.5) is 4.79 Å². The van der Waals surface area contributed by atoms with Crippen molar-refractivity contribution in [2.24, 2.45) is 5.73 Å². The van der Waals surface area contributed by atoms with Gasteiger partial charge in [-0.25, -0.2) is 4.79 Å². The van der Waals surface area contributed by atoms with Crippen molar-refractivity contribution in [3.63, 3.8) is 0 Å². The van der Waals surface area contributed by atoms with E-state index >= 15 is 0 Å². The monoisotopic (exact) mass is 535 g/mol. The van der Waals surface area contributed by atoms with E-state index in [1.165, 1.54) is 5.06 Å². The van der Waals surface area contributed by atoms with Crippen LogP contribution in [0, 0.1) is 0 Å². The van der Waals surface area contributed by atoms with Crippen LogP contribution in [0.15, 0.2) is 60.0 Å². The molecule has 2 aliphatic rings. The van der Waals surface area contributed by atoms with Crippen molar-refractivity contribution in [3.05, 3.63) is 71.1 Å². The quantitative estimate of drug-likeness (QED) is 0.430. The van der Waals surface area contributed by atoms with Crippen molar-refractivity contribution in [1.29, 1.82) is 0 Å². The molecule has 200 valence electrons. The summed E-state index contributed by atoms with van der Waals surface area (Å²) in [5, 5.41) is 7.33. The van der Waals surface area contributed by atoms with Gasteiger partial charge in [-0.1, -0.05) is 48.5 Å². The summed E-state index contributed by atoms with van der Waals surface area (Å²) >= 11 is 1.64. The lowest BCUT2D eigenvalue weighted by atomic mass is 9.96. The number of carbonyl (C=O) groups excluding carboxylic acids is 3. The summed E-state index contributed by atoms with van der Waals surface area (Å²) in [6.45, 7) is 2.79. The normalized spacial score (nSPS) is 21.6. The van der Waals surface area contributed by atoms with Crippen molar-refractivity contribution >= 4 is 39.3 Å². The Morgan fingerprint density at radius 2 is 1.87 bits per heavy atom. The number of hydrogen-bond donors (Lipinski definition) is 2. The molecule has 2 fully saturated rings. The molecule has 0 bridgehead atoms. The Balaban J connectivity index is 1.44. The first-order valence-corrected chi connectivity index (χ1v) is 13.9. The van der Waals surface area contributed by atoms with E-state index in [0.29, 0.717) is 32.5 Å². The third kappa shape index (κ3) is 5.11. The molecular weight excluding hydrogens is 502 g/mol. The molecule has 0 aliphatic carbocycles. The number of carbonyl (C=O) groups is 3. The minimum absolute atomic E-state index is 0.110. The number of nitrogens with one attached hydrogen (secondary N) is 1. The number of rotatable bonds is 8. The number of benzene rings is 2. The van der Waals surface area contributed by atoms with Gasteiger partial charge in [-0.15, -0.1) is 11.3 Å². The third-order valence-corrected chi connectivity index (χ3v) is 8.30. The Kier molecular flexibility index (Phi) is 7.92. The van der Waals surface area contributed by atoms with E-state index in [1.54, 1.807) is 21.1 Å². The number of amides is 4. The first kappa shape index (κ1) is 26.1. The van der Waals surface area contributed by atoms with Gasteiger partial charge in [-0.2, -0.15) is 5.06 Å². The van der Waals surface area contributed by atoms with Crippen LogP contribution in [0.5, 0.6) is 0 Å². The molecule has 2 aliphatic heterocycles. The molecule has 0 radical (unpaired) electrons. The number of hydrogen-bond acceptors (Lipinski definition) is 6. The molecule has 3 atom stereocenters. The number of fused-ring (bicyclic) bond motifs is 2. The Bertz CT molecular complexity index is 1300. The van der Waals surface area contributed by atoms with Crippen molar-refractivity contribution in [2.45, 2.75) is 57.5 Å². The Labute approximate surface area is 226 Å². The minimum Gasteiger partial charge on any atom is -0.332 e. The van der Waals surface area contributed by atoms with Crippen molar-refractivity contribution in [2.75, 3.05) is 13.2 Å². The molecule has 10 heteroatoms. The maximum atomic E-state index is 13.9. The molecule has 3 heterocycles. The lowest BCUT2D eigenvalue weighted by molar-refractivity contribution is -0.246.